The second kappa shape index (κ2) is 10.8. The molecule has 2 amide bonds. The van der Waals surface area contributed by atoms with E-state index in [9.17, 15) is 23.3 Å². The van der Waals surface area contributed by atoms with Gasteiger partial charge in [0.1, 0.15) is 6.07 Å². The Hall–Kier alpha value is -2.52. The molecule has 34 heavy (non-hydrogen) atoms. The number of nitrogens with zero attached hydrogens (tertiary/aromatic N) is 6. The highest BCUT2D eigenvalue weighted by Gasteiger charge is 2.32. The molecule has 0 spiro atoms. The van der Waals surface area contributed by atoms with Crippen LogP contribution >= 0.6 is 0 Å². The lowest BCUT2D eigenvalue weighted by Gasteiger charge is -2.37. The third kappa shape index (κ3) is 5.58. The van der Waals surface area contributed by atoms with Gasteiger partial charge in [0.25, 0.3) is 0 Å². The summed E-state index contributed by atoms with van der Waals surface area (Å²) in [5, 5.41) is 9.25. The van der Waals surface area contributed by atoms with E-state index in [0.29, 0.717) is 26.2 Å². The van der Waals surface area contributed by atoms with Crippen molar-refractivity contribution in [2.75, 3.05) is 78.5 Å². The van der Waals surface area contributed by atoms with Crippen molar-refractivity contribution < 1.29 is 18.0 Å². The number of sulfonamides is 1. The van der Waals surface area contributed by atoms with Gasteiger partial charge in [-0.15, -0.1) is 0 Å². The maximum atomic E-state index is 13.0. The molecule has 3 aliphatic rings. The van der Waals surface area contributed by atoms with Crippen LogP contribution in [0.5, 0.6) is 0 Å². The van der Waals surface area contributed by atoms with Crippen molar-refractivity contribution in [2.45, 2.75) is 17.7 Å². The predicted molar refractivity (Wildman–Crippen MR) is 125 cm³/mol. The summed E-state index contributed by atoms with van der Waals surface area (Å²) in [6.45, 7) is 6.56. The van der Waals surface area contributed by atoms with Crippen molar-refractivity contribution in [2.24, 2.45) is 0 Å². The zero-order valence-electron chi connectivity index (χ0n) is 19.4. The van der Waals surface area contributed by atoms with Crippen molar-refractivity contribution >= 4 is 21.8 Å². The lowest BCUT2D eigenvalue weighted by Crippen LogP contribution is -2.55. The molecule has 0 bridgehead atoms. The number of piperazine rings is 2. The number of nitriles is 1. The van der Waals surface area contributed by atoms with Crippen molar-refractivity contribution in [3.8, 4) is 6.07 Å². The molecule has 1 aromatic carbocycles. The topological polar surface area (TPSA) is 108 Å². The summed E-state index contributed by atoms with van der Waals surface area (Å²) in [5.74, 6) is 0.198. The fourth-order valence-electron chi connectivity index (χ4n) is 4.76. The van der Waals surface area contributed by atoms with Crippen LogP contribution in [-0.2, 0) is 19.6 Å². The molecule has 0 aromatic heterocycles. The molecule has 3 aliphatic heterocycles. The number of rotatable bonds is 6. The molecule has 184 valence electrons. The van der Waals surface area contributed by atoms with Gasteiger partial charge in [0.2, 0.25) is 21.8 Å². The summed E-state index contributed by atoms with van der Waals surface area (Å²) in [5.41, 5.74) is 0.127. The summed E-state index contributed by atoms with van der Waals surface area (Å²) in [7, 11) is -3.78. The Bertz CT molecular complexity index is 1030. The highest BCUT2D eigenvalue weighted by atomic mass is 32.2. The first-order chi connectivity index (χ1) is 16.4. The van der Waals surface area contributed by atoms with Gasteiger partial charge in [-0.05, 0) is 25.0 Å². The lowest BCUT2D eigenvalue weighted by molar-refractivity contribution is -0.135. The number of amides is 2. The molecule has 0 saturated carbocycles. The Labute approximate surface area is 201 Å². The number of likely N-dealkylation sites (tertiary alicyclic amines) is 1. The van der Waals surface area contributed by atoms with Crippen LogP contribution in [-0.4, -0.2) is 123 Å². The zero-order valence-corrected chi connectivity index (χ0v) is 20.2. The molecule has 3 fully saturated rings. The van der Waals surface area contributed by atoms with E-state index >= 15 is 0 Å². The van der Waals surface area contributed by atoms with E-state index in [1.807, 2.05) is 11.0 Å². The standard InChI is InChI=1S/C23H32N6O4S/c24-17-20-5-1-2-6-21(20)34(32,33)29-15-13-28(14-16-29)23(31)19-26-11-9-25(10-12-26)18-22(30)27-7-3-4-8-27/h1-2,5-6H,3-4,7-16,18-19H2. The van der Waals surface area contributed by atoms with Crippen LogP contribution in [0, 0.1) is 11.3 Å². The SMILES string of the molecule is N#Cc1ccccc1S(=O)(=O)N1CCN(C(=O)CN2CCN(CC(=O)N3CCCC3)CC2)CC1. The van der Waals surface area contributed by atoms with Crippen molar-refractivity contribution in [3.05, 3.63) is 29.8 Å². The fourth-order valence-corrected chi connectivity index (χ4v) is 6.32. The maximum absolute atomic E-state index is 13.0. The molecule has 11 heteroatoms. The van der Waals surface area contributed by atoms with Crippen LogP contribution in [0.25, 0.3) is 0 Å². The number of benzene rings is 1. The predicted octanol–water partition coefficient (Wildman–Crippen LogP) is -0.369. The summed E-state index contributed by atoms with van der Waals surface area (Å²) in [4.78, 5) is 33.1. The van der Waals surface area contributed by atoms with E-state index in [1.165, 1.54) is 16.4 Å². The van der Waals surface area contributed by atoms with E-state index < -0.39 is 10.0 Å². The van der Waals surface area contributed by atoms with Crippen molar-refractivity contribution in [1.82, 2.24) is 23.9 Å². The van der Waals surface area contributed by atoms with Crippen LogP contribution in [0.2, 0.25) is 0 Å². The molecule has 10 nitrogen and oxygen atoms in total. The highest BCUT2D eigenvalue weighted by molar-refractivity contribution is 7.89. The lowest BCUT2D eigenvalue weighted by atomic mass is 10.2. The first-order valence-electron chi connectivity index (χ1n) is 11.9. The van der Waals surface area contributed by atoms with Crippen molar-refractivity contribution in [1.29, 1.82) is 5.26 Å². The summed E-state index contributed by atoms with van der Waals surface area (Å²) in [6, 6.07) is 8.13. The van der Waals surface area contributed by atoms with Gasteiger partial charge in [0, 0.05) is 65.4 Å². The Kier molecular flexibility index (Phi) is 7.83. The Morgan fingerprint density at radius 1 is 0.765 bits per heavy atom. The second-order valence-corrected chi connectivity index (χ2v) is 10.9. The molecule has 4 rings (SSSR count). The maximum Gasteiger partial charge on any atom is 0.244 e. The Morgan fingerprint density at radius 3 is 1.79 bits per heavy atom. The summed E-state index contributed by atoms with van der Waals surface area (Å²) < 4.78 is 27.3. The van der Waals surface area contributed by atoms with E-state index in [-0.39, 0.29) is 35.4 Å². The first-order valence-corrected chi connectivity index (χ1v) is 13.3. The Morgan fingerprint density at radius 2 is 1.26 bits per heavy atom. The third-order valence-corrected chi connectivity index (χ3v) is 8.81. The van der Waals surface area contributed by atoms with Gasteiger partial charge < -0.3 is 9.80 Å². The van der Waals surface area contributed by atoms with E-state index in [2.05, 4.69) is 9.80 Å². The van der Waals surface area contributed by atoms with Crippen LogP contribution in [0.1, 0.15) is 18.4 Å². The number of carbonyl (C=O) groups excluding carboxylic acids is 2. The van der Waals surface area contributed by atoms with Gasteiger partial charge in [-0.2, -0.15) is 9.57 Å². The number of carbonyl (C=O) groups is 2. The van der Waals surface area contributed by atoms with E-state index in [1.54, 1.807) is 17.0 Å². The molecule has 3 heterocycles. The minimum Gasteiger partial charge on any atom is -0.342 e. The van der Waals surface area contributed by atoms with Gasteiger partial charge >= 0.3 is 0 Å². The van der Waals surface area contributed by atoms with E-state index in [4.69, 9.17) is 0 Å². The molecule has 1 aromatic rings. The molecule has 0 atom stereocenters. The highest BCUT2D eigenvalue weighted by Crippen LogP contribution is 2.21. The number of hydrogen-bond donors (Lipinski definition) is 0. The Balaban J connectivity index is 1.22. The largest absolute Gasteiger partial charge is 0.342 e. The number of hydrogen-bond acceptors (Lipinski definition) is 7. The molecule has 3 saturated heterocycles. The van der Waals surface area contributed by atoms with Crippen LogP contribution < -0.4 is 0 Å². The van der Waals surface area contributed by atoms with Gasteiger partial charge in [-0.1, -0.05) is 12.1 Å². The van der Waals surface area contributed by atoms with Gasteiger partial charge in [-0.3, -0.25) is 19.4 Å². The van der Waals surface area contributed by atoms with E-state index in [0.717, 1.165) is 52.1 Å². The zero-order chi connectivity index (χ0) is 24.1. The average molecular weight is 489 g/mol. The van der Waals surface area contributed by atoms with Crippen LogP contribution in [0.3, 0.4) is 0 Å². The molecular formula is C23H32N6O4S. The minimum absolute atomic E-state index is 0.00364. The van der Waals surface area contributed by atoms with Gasteiger partial charge in [-0.25, -0.2) is 8.42 Å². The van der Waals surface area contributed by atoms with Crippen molar-refractivity contribution in [3.63, 3.8) is 0 Å². The third-order valence-electron chi connectivity index (χ3n) is 6.86. The molecule has 0 radical (unpaired) electrons. The summed E-state index contributed by atoms with van der Waals surface area (Å²) in [6.07, 6.45) is 2.18. The minimum atomic E-state index is -3.78. The monoisotopic (exact) mass is 488 g/mol. The van der Waals surface area contributed by atoms with Gasteiger partial charge in [0.05, 0.1) is 23.5 Å². The van der Waals surface area contributed by atoms with Gasteiger partial charge in [0.15, 0.2) is 0 Å². The fraction of sp³-hybridized carbons (Fsp3) is 0.609. The summed E-state index contributed by atoms with van der Waals surface area (Å²) >= 11 is 0. The smallest absolute Gasteiger partial charge is 0.244 e. The second-order valence-electron chi connectivity index (χ2n) is 9.03. The molecule has 0 aliphatic carbocycles. The quantitative estimate of drug-likeness (QED) is 0.538. The molecular weight excluding hydrogens is 456 g/mol. The molecule has 0 unspecified atom stereocenters. The first kappa shape index (κ1) is 24.6. The van der Waals surface area contributed by atoms with Crippen LogP contribution in [0.4, 0.5) is 0 Å². The normalized spacial score (nSPS) is 20.9. The average Bonchev–Trinajstić information content (AvgIpc) is 3.40. The van der Waals surface area contributed by atoms with Crippen LogP contribution in [0.15, 0.2) is 29.2 Å². The molecule has 0 N–H and O–H groups in total.